The Morgan fingerprint density at radius 3 is 2.21 bits per heavy atom. The topological polar surface area (TPSA) is 69.7 Å². The second kappa shape index (κ2) is 8.74. The van der Waals surface area contributed by atoms with Gasteiger partial charge in [0.2, 0.25) is 11.8 Å². The molecule has 2 fully saturated rings. The predicted molar refractivity (Wildman–Crippen MR) is 114 cm³/mol. The average Bonchev–Trinajstić information content (AvgIpc) is 3.22. The van der Waals surface area contributed by atoms with Crippen LogP contribution in [0.1, 0.15) is 56.8 Å². The summed E-state index contributed by atoms with van der Waals surface area (Å²) < 4.78 is 0. The van der Waals surface area contributed by atoms with Crippen LogP contribution < -0.4 is 5.32 Å². The normalized spacial score (nSPS) is 18.1. The van der Waals surface area contributed by atoms with Crippen molar-refractivity contribution in [3.8, 4) is 0 Å². The van der Waals surface area contributed by atoms with E-state index in [1.165, 1.54) is 0 Å². The first kappa shape index (κ1) is 21.6. The van der Waals surface area contributed by atoms with Crippen molar-refractivity contribution >= 4 is 35.0 Å². The molecule has 2 saturated heterocycles. The first-order valence-corrected chi connectivity index (χ1v) is 10.7. The molecule has 0 saturated carbocycles. The SMILES string of the molecule is CC(C)(C)C(=O)N1CCC(C(=O)Nc2ccc(Cl)cc2C(=O)N2CCCC2)CC1. The van der Waals surface area contributed by atoms with Crippen molar-refractivity contribution in [1.82, 2.24) is 9.80 Å². The number of hydrogen-bond acceptors (Lipinski definition) is 3. The van der Waals surface area contributed by atoms with Crippen LogP contribution in [-0.2, 0) is 9.59 Å². The Kier molecular flexibility index (Phi) is 6.52. The highest BCUT2D eigenvalue weighted by molar-refractivity contribution is 6.31. The summed E-state index contributed by atoms with van der Waals surface area (Å²) in [6, 6.07) is 5.01. The van der Waals surface area contributed by atoms with Crippen molar-refractivity contribution in [3.63, 3.8) is 0 Å². The molecule has 6 nitrogen and oxygen atoms in total. The van der Waals surface area contributed by atoms with Crippen molar-refractivity contribution in [2.75, 3.05) is 31.5 Å². The number of rotatable bonds is 3. The number of amides is 3. The van der Waals surface area contributed by atoms with Gasteiger partial charge in [-0.2, -0.15) is 0 Å². The van der Waals surface area contributed by atoms with Crippen LogP contribution in [0.4, 0.5) is 5.69 Å². The molecule has 2 aliphatic rings. The Hall–Kier alpha value is -2.08. The Labute approximate surface area is 177 Å². The van der Waals surface area contributed by atoms with Crippen LogP contribution in [0.3, 0.4) is 0 Å². The number of carbonyl (C=O) groups excluding carboxylic acids is 3. The summed E-state index contributed by atoms with van der Waals surface area (Å²) in [6.07, 6.45) is 3.24. The van der Waals surface area contributed by atoms with Crippen molar-refractivity contribution < 1.29 is 14.4 Å². The molecule has 0 spiro atoms. The summed E-state index contributed by atoms with van der Waals surface area (Å²) in [5.41, 5.74) is 0.529. The van der Waals surface area contributed by atoms with Crippen molar-refractivity contribution in [2.45, 2.75) is 46.5 Å². The van der Waals surface area contributed by atoms with E-state index in [1.807, 2.05) is 25.7 Å². The third-order valence-corrected chi connectivity index (χ3v) is 5.89. The first-order chi connectivity index (χ1) is 13.7. The van der Waals surface area contributed by atoms with Crippen LogP contribution in [0.25, 0.3) is 0 Å². The number of piperidine rings is 1. The molecule has 1 aromatic carbocycles. The van der Waals surface area contributed by atoms with Gasteiger partial charge < -0.3 is 15.1 Å². The molecule has 3 amide bonds. The molecule has 29 heavy (non-hydrogen) atoms. The number of likely N-dealkylation sites (tertiary alicyclic amines) is 2. The summed E-state index contributed by atoms with van der Waals surface area (Å²) in [7, 11) is 0. The van der Waals surface area contributed by atoms with Crippen LogP contribution in [0.15, 0.2) is 18.2 Å². The third kappa shape index (κ3) is 5.10. The van der Waals surface area contributed by atoms with Crippen LogP contribution in [0, 0.1) is 11.3 Å². The van der Waals surface area contributed by atoms with E-state index in [-0.39, 0.29) is 23.6 Å². The van der Waals surface area contributed by atoms with E-state index in [2.05, 4.69) is 5.32 Å². The molecule has 158 valence electrons. The minimum atomic E-state index is -0.413. The van der Waals surface area contributed by atoms with E-state index in [1.54, 1.807) is 23.1 Å². The molecule has 0 atom stereocenters. The van der Waals surface area contributed by atoms with Gasteiger partial charge in [0, 0.05) is 42.5 Å². The fourth-order valence-corrected chi connectivity index (χ4v) is 4.12. The molecule has 3 rings (SSSR count). The fraction of sp³-hybridized carbons (Fsp3) is 0.591. The van der Waals surface area contributed by atoms with Crippen molar-refractivity contribution in [2.24, 2.45) is 11.3 Å². The Bertz CT molecular complexity index is 789. The van der Waals surface area contributed by atoms with Gasteiger partial charge in [0.05, 0.1) is 11.3 Å². The van der Waals surface area contributed by atoms with Gasteiger partial charge in [-0.3, -0.25) is 14.4 Å². The van der Waals surface area contributed by atoms with Crippen molar-refractivity contribution in [3.05, 3.63) is 28.8 Å². The standard InChI is InChI=1S/C22H30ClN3O3/c1-22(2,3)21(29)26-12-8-15(9-13-26)19(27)24-18-7-6-16(23)14-17(18)20(28)25-10-4-5-11-25/h6-7,14-15H,4-5,8-13H2,1-3H3,(H,24,27). The van der Waals surface area contributed by atoms with Crippen LogP contribution in [-0.4, -0.2) is 53.7 Å². The highest BCUT2D eigenvalue weighted by atomic mass is 35.5. The molecule has 0 aromatic heterocycles. The highest BCUT2D eigenvalue weighted by Gasteiger charge is 2.33. The highest BCUT2D eigenvalue weighted by Crippen LogP contribution is 2.27. The number of halogens is 1. The molecule has 2 heterocycles. The second-order valence-electron chi connectivity index (χ2n) is 8.99. The van der Waals surface area contributed by atoms with E-state index in [0.29, 0.717) is 42.2 Å². The van der Waals surface area contributed by atoms with Gasteiger partial charge in [-0.1, -0.05) is 32.4 Å². The van der Waals surface area contributed by atoms with Crippen LogP contribution in [0.5, 0.6) is 0 Å². The van der Waals surface area contributed by atoms with Crippen LogP contribution in [0.2, 0.25) is 5.02 Å². The maximum absolute atomic E-state index is 12.9. The Morgan fingerprint density at radius 1 is 1.00 bits per heavy atom. The van der Waals surface area contributed by atoms with Gasteiger partial charge in [-0.15, -0.1) is 0 Å². The number of nitrogens with zero attached hydrogens (tertiary/aromatic N) is 2. The minimum absolute atomic E-state index is 0.0918. The molecular formula is C22H30ClN3O3. The lowest BCUT2D eigenvalue weighted by Crippen LogP contribution is -2.45. The summed E-state index contributed by atoms with van der Waals surface area (Å²) in [4.78, 5) is 41.8. The lowest BCUT2D eigenvalue weighted by molar-refractivity contribution is -0.142. The number of anilines is 1. The average molecular weight is 420 g/mol. The van der Waals surface area contributed by atoms with E-state index < -0.39 is 5.41 Å². The number of benzene rings is 1. The van der Waals surface area contributed by atoms with E-state index in [4.69, 9.17) is 11.6 Å². The van der Waals surface area contributed by atoms with E-state index in [0.717, 1.165) is 25.9 Å². The van der Waals surface area contributed by atoms with Gasteiger partial charge in [-0.05, 0) is 43.9 Å². The van der Waals surface area contributed by atoms with Crippen LogP contribution >= 0.6 is 11.6 Å². The quantitative estimate of drug-likeness (QED) is 0.810. The van der Waals surface area contributed by atoms with Gasteiger partial charge in [-0.25, -0.2) is 0 Å². The minimum Gasteiger partial charge on any atom is -0.342 e. The number of nitrogens with one attached hydrogen (secondary N) is 1. The molecule has 0 aliphatic carbocycles. The number of hydrogen-bond donors (Lipinski definition) is 1. The predicted octanol–water partition coefficient (Wildman–Crippen LogP) is 3.80. The van der Waals surface area contributed by atoms with Gasteiger partial charge in [0.15, 0.2) is 0 Å². The van der Waals surface area contributed by atoms with Gasteiger partial charge >= 0.3 is 0 Å². The second-order valence-corrected chi connectivity index (χ2v) is 9.43. The van der Waals surface area contributed by atoms with E-state index in [9.17, 15) is 14.4 Å². The van der Waals surface area contributed by atoms with Gasteiger partial charge in [0.25, 0.3) is 5.91 Å². The maximum Gasteiger partial charge on any atom is 0.256 e. The zero-order valence-corrected chi connectivity index (χ0v) is 18.2. The molecule has 2 aliphatic heterocycles. The molecule has 0 bridgehead atoms. The monoisotopic (exact) mass is 419 g/mol. The molecule has 0 unspecified atom stereocenters. The van der Waals surface area contributed by atoms with Gasteiger partial charge in [0.1, 0.15) is 0 Å². The lowest BCUT2D eigenvalue weighted by atomic mass is 9.90. The first-order valence-electron chi connectivity index (χ1n) is 10.4. The summed E-state index contributed by atoms with van der Waals surface area (Å²) in [6.45, 7) is 8.36. The fourth-order valence-electron chi connectivity index (χ4n) is 3.95. The Balaban J connectivity index is 1.65. The van der Waals surface area contributed by atoms with Crippen molar-refractivity contribution in [1.29, 1.82) is 0 Å². The lowest BCUT2D eigenvalue weighted by Gasteiger charge is -2.35. The summed E-state index contributed by atoms with van der Waals surface area (Å²) >= 11 is 6.11. The smallest absolute Gasteiger partial charge is 0.256 e. The molecule has 1 N–H and O–H groups in total. The third-order valence-electron chi connectivity index (χ3n) is 5.66. The summed E-state index contributed by atoms with van der Waals surface area (Å²) in [5.74, 6) is -0.256. The Morgan fingerprint density at radius 2 is 1.62 bits per heavy atom. The zero-order valence-electron chi connectivity index (χ0n) is 17.5. The zero-order chi connectivity index (χ0) is 21.2. The molecular weight excluding hydrogens is 390 g/mol. The number of carbonyl (C=O) groups is 3. The summed E-state index contributed by atoms with van der Waals surface area (Å²) in [5, 5.41) is 3.41. The maximum atomic E-state index is 12.9. The largest absolute Gasteiger partial charge is 0.342 e. The molecule has 0 radical (unpaired) electrons. The van der Waals surface area contributed by atoms with E-state index >= 15 is 0 Å². The molecule has 7 heteroatoms. The molecule has 1 aromatic rings.